The maximum absolute atomic E-state index is 13.7. The smallest absolute Gasteiger partial charge is 0.227 e. The molecular formula is C19H22FN3O3. The Hall–Kier alpha value is -2.83. The number of amides is 2. The molecule has 0 aliphatic carbocycles. The highest BCUT2D eigenvalue weighted by Crippen LogP contribution is 2.18. The second kappa shape index (κ2) is 8.03. The summed E-state index contributed by atoms with van der Waals surface area (Å²) in [5.74, 6) is -0.310. The number of nitrogens with one attached hydrogen (secondary N) is 1. The van der Waals surface area contributed by atoms with Gasteiger partial charge in [0.15, 0.2) is 11.6 Å². The minimum Gasteiger partial charge on any atom is -0.494 e. The average molecular weight is 359 g/mol. The Morgan fingerprint density at radius 2 is 1.65 bits per heavy atom. The van der Waals surface area contributed by atoms with E-state index < -0.39 is 5.82 Å². The van der Waals surface area contributed by atoms with Crippen molar-refractivity contribution < 1.29 is 18.7 Å². The van der Waals surface area contributed by atoms with E-state index in [0.29, 0.717) is 38.2 Å². The molecule has 2 amide bonds. The first-order chi connectivity index (χ1) is 12.6. The van der Waals surface area contributed by atoms with Gasteiger partial charge in [-0.2, -0.15) is 0 Å². The minimum atomic E-state index is -0.474. The molecule has 1 aliphatic rings. The molecule has 0 saturated carbocycles. The molecule has 2 heterocycles. The Bertz CT molecular complexity index is 768. The van der Waals surface area contributed by atoms with Gasteiger partial charge in [0.2, 0.25) is 11.8 Å². The van der Waals surface area contributed by atoms with E-state index >= 15 is 0 Å². The number of benzene rings is 1. The number of H-pyrrole nitrogens is 1. The molecule has 0 atom stereocenters. The number of halogens is 1. The molecule has 0 unspecified atom stereocenters. The molecule has 1 aromatic carbocycles. The van der Waals surface area contributed by atoms with Crippen molar-refractivity contribution in [1.29, 1.82) is 0 Å². The van der Waals surface area contributed by atoms with E-state index in [-0.39, 0.29) is 24.0 Å². The molecule has 1 saturated heterocycles. The standard InChI is InChI=1S/C19H22FN3O3/c1-26-17-3-2-14(10-16(17)20)11-18(24)22-6-8-23(9-7-22)19(25)12-15-4-5-21-13-15/h2-5,10,13,21H,6-9,11-12H2,1H3. The number of piperazine rings is 1. The van der Waals surface area contributed by atoms with Crippen molar-refractivity contribution in [3.8, 4) is 5.75 Å². The molecule has 26 heavy (non-hydrogen) atoms. The Morgan fingerprint density at radius 1 is 1.04 bits per heavy atom. The lowest BCUT2D eigenvalue weighted by Crippen LogP contribution is -2.51. The topological polar surface area (TPSA) is 65.6 Å². The van der Waals surface area contributed by atoms with Crippen LogP contribution in [0, 0.1) is 5.82 Å². The fourth-order valence-corrected chi connectivity index (χ4v) is 3.07. The molecule has 0 radical (unpaired) electrons. The Morgan fingerprint density at radius 3 is 2.15 bits per heavy atom. The van der Waals surface area contributed by atoms with Gasteiger partial charge in [-0.1, -0.05) is 6.07 Å². The van der Waals surface area contributed by atoms with Gasteiger partial charge in [-0.25, -0.2) is 4.39 Å². The SMILES string of the molecule is COc1ccc(CC(=O)N2CCN(C(=O)Cc3cc[nH]c3)CC2)cc1F. The number of aromatic nitrogens is 1. The molecule has 1 aliphatic heterocycles. The van der Waals surface area contributed by atoms with Crippen LogP contribution in [0.15, 0.2) is 36.7 Å². The third-order valence-corrected chi connectivity index (χ3v) is 4.57. The first-order valence-electron chi connectivity index (χ1n) is 8.56. The fraction of sp³-hybridized carbons (Fsp3) is 0.368. The molecule has 1 fully saturated rings. The van der Waals surface area contributed by atoms with Crippen molar-refractivity contribution in [1.82, 2.24) is 14.8 Å². The van der Waals surface area contributed by atoms with E-state index in [2.05, 4.69) is 4.98 Å². The third-order valence-electron chi connectivity index (χ3n) is 4.57. The lowest BCUT2D eigenvalue weighted by molar-refractivity contribution is -0.138. The van der Waals surface area contributed by atoms with Crippen molar-refractivity contribution in [3.63, 3.8) is 0 Å². The van der Waals surface area contributed by atoms with Crippen LogP contribution < -0.4 is 4.74 Å². The van der Waals surface area contributed by atoms with Gasteiger partial charge in [-0.15, -0.1) is 0 Å². The summed E-state index contributed by atoms with van der Waals surface area (Å²) in [7, 11) is 1.40. The highest BCUT2D eigenvalue weighted by molar-refractivity contribution is 5.81. The van der Waals surface area contributed by atoms with Crippen molar-refractivity contribution in [3.05, 3.63) is 53.6 Å². The summed E-state index contributed by atoms with van der Waals surface area (Å²) in [6.45, 7) is 2.03. The van der Waals surface area contributed by atoms with Gasteiger partial charge in [0.25, 0.3) is 0 Å². The van der Waals surface area contributed by atoms with Crippen LogP contribution >= 0.6 is 0 Å². The van der Waals surface area contributed by atoms with E-state index in [9.17, 15) is 14.0 Å². The van der Waals surface area contributed by atoms with Crippen LogP contribution in [0.3, 0.4) is 0 Å². The summed E-state index contributed by atoms with van der Waals surface area (Å²) < 4.78 is 18.6. The van der Waals surface area contributed by atoms with Crippen molar-refractivity contribution in [2.45, 2.75) is 12.8 Å². The summed E-state index contributed by atoms with van der Waals surface area (Å²) in [5.41, 5.74) is 1.56. The molecule has 3 rings (SSSR count). The van der Waals surface area contributed by atoms with Crippen LogP contribution in [0.2, 0.25) is 0 Å². The van der Waals surface area contributed by atoms with Crippen LogP contribution in [0.5, 0.6) is 5.75 Å². The molecule has 2 aromatic rings. The normalized spacial score (nSPS) is 14.4. The monoisotopic (exact) mass is 359 g/mol. The summed E-state index contributed by atoms with van der Waals surface area (Å²) >= 11 is 0. The molecule has 0 bridgehead atoms. The molecular weight excluding hydrogens is 337 g/mol. The molecule has 7 heteroatoms. The minimum absolute atomic E-state index is 0.0627. The average Bonchev–Trinajstić information content (AvgIpc) is 3.15. The Labute approximate surface area is 151 Å². The Kier molecular flexibility index (Phi) is 5.55. The first kappa shape index (κ1) is 18.0. The van der Waals surface area contributed by atoms with E-state index in [1.165, 1.54) is 19.2 Å². The van der Waals surface area contributed by atoms with E-state index in [1.54, 1.807) is 22.1 Å². The summed E-state index contributed by atoms with van der Waals surface area (Å²) in [6.07, 6.45) is 4.10. The quantitative estimate of drug-likeness (QED) is 0.882. The number of rotatable bonds is 5. The zero-order chi connectivity index (χ0) is 18.5. The summed E-state index contributed by atoms with van der Waals surface area (Å²) in [5, 5.41) is 0. The number of hydrogen-bond acceptors (Lipinski definition) is 3. The second-order valence-electron chi connectivity index (χ2n) is 6.30. The number of carbonyl (C=O) groups is 2. The Balaban J connectivity index is 1.50. The molecule has 6 nitrogen and oxygen atoms in total. The van der Waals surface area contributed by atoms with Crippen LogP contribution in [0.4, 0.5) is 4.39 Å². The highest BCUT2D eigenvalue weighted by Gasteiger charge is 2.24. The van der Waals surface area contributed by atoms with Crippen LogP contribution in [-0.4, -0.2) is 59.9 Å². The maximum Gasteiger partial charge on any atom is 0.227 e. The zero-order valence-corrected chi connectivity index (χ0v) is 14.7. The lowest BCUT2D eigenvalue weighted by Gasteiger charge is -2.35. The summed E-state index contributed by atoms with van der Waals surface area (Å²) in [6, 6.07) is 6.42. The predicted molar refractivity (Wildman–Crippen MR) is 94.3 cm³/mol. The maximum atomic E-state index is 13.7. The third kappa shape index (κ3) is 4.22. The molecule has 0 spiro atoms. The van der Waals surface area contributed by atoms with Crippen molar-refractivity contribution >= 4 is 11.8 Å². The van der Waals surface area contributed by atoms with Crippen LogP contribution in [0.25, 0.3) is 0 Å². The fourth-order valence-electron chi connectivity index (χ4n) is 3.07. The summed E-state index contributed by atoms with van der Waals surface area (Å²) in [4.78, 5) is 31.2. The number of methoxy groups -OCH3 is 1. The van der Waals surface area contributed by atoms with Gasteiger partial charge in [-0.3, -0.25) is 9.59 Å². The van der Waals surface area contributed by atoms with Crippen molar-refractivity contribution in [2.75, 3.05) is 33.3 Å². The highest BCUT2D eigenvalue weighted by atomic mass is 19.1. The van der Waals surface area contributed by atoms with Gasteiger partial charge in [-0.05, 0) is 29.3 Å². The van der Waals surface area contributed by atoms with Gasteiger partial charge >= 0.3 is 0 Å². The van der Waals surface area contributed by atoms with E-state index in [0.717, 1.165) is 5.56 Å². The van der Waals surface area contributed by atoms with Crippen LogP contribution in [-0.2, 0) is 22.4 Å². The van der Waals surface area contributed by atoms with E-state index in [1.807, 2.05) is 12.3 Å². The number of ether oxygens (including phenoxy) is 1. The number of nitrogens with zero attached hydrogens (tertiary/aromatic N) is 2. The molecule has 1 N–H and O–H groups in total. The van der Waals surface area contributed by atoms with Gasteiger partial charge < -0.3 is 19.5 Å². The van der Waals surface area contributed by atoms with Gasteiger partial charge in [0, 0.05) is 38.6 Å². The molecule has 1 aromatic heterocycles. The van der Waals surface area contributed by atoms with Crippen molar-refractivity contribution in [2.24, 2.45) is 0 Å². The number of hydrogen-bond donors (Lipinski definition) is 1. The number of aromatic amines is 1. The second-order valence-corrected chi connectivity index (χ2v) is 6.30. The number of carbonyl (C=O) groups excluding carboxylic acids is 2. The largest absolute Gasteiger partial charge is 0.494 e. The zero-order valence-electron chi connectivity index (χ0n) is 14.7. The first-order valence-corrected chi connectivity index (χ1v) is 8.56. The van der Waals surface area contributed by atoms with Gasteiger partial charge in [0.1, 0.15) is 0 Å². The van der Waals surface area contributed by atoms with Gasteiger partial charge in [0.05, 0.1) is 20.0 Å². The lowest BCUT2D eigenvalue weighted by atomic mass is 10.1. The van der Waals surface area contributed by atoms with E-state index in [4.69, 9.17) is 4.74 Å². The van der Waals surface area contributed by atoms with Crippen LogP contribution in [0.1, 0.15) is 11.1 Å². The molecule has 138 valence electrons. The predicted octanol–water partition coefficient (Wildman–Crippen LogP) is 1.62.